The van der Waals surface area contributed by atoms with E-state index in [-0.39, 0.29) is 17.4 Å². The van der Waals surface area contributed by atoms with Crippen molar-refractivity contribution in [3.8, 4) is 5.75 Å². The average molecular weight is 302 g/mol. The number of likely N-dealkylation sites (tertiary alicyclic amines) is 1. The molecule has 21 heavy (non-hydrogen) atoms. The zero-order valence-corrected chi connectivity index (χ0v) is 12.1. The number of nitrogens with zero attached hydrogens (tertiary/aromatic N) is 1. The molecular weight excluding hydrogens is 281 g/mol. The van der Waals surface area contributed by atoms with E-state index < -0.39 is 6.36 Å². The number of hydrogen-bond donors (Lipinski definition) is 1. The number of nitrogens with two attached hydrogens (primary N) is 1. The van der Waals surface area contributed by atoms with Crippen LogP contribution in [0.4, 0.5) is 18.9 Å². The zero-order valence-electron chi connectivity index (χ0n) is 12.1. The normalized spacial score (nSPS) is 17.9. The molecule has 0 unspecified atom stereocenters. The van der Waals surface area contributed by atoms with Crippen LogP contribution in [0, 0.1) is 0 Å². The SMILES string of the molecule is CCCN1CCC(c2cccc(OC(F)(F)F)c2N)CC1. The first-order chi connectivity index (χ1) is 9.90. The lowest BCUT2D eigenvalue weighted by atomic mass is 9.88. The van der Waals surface area contributed by atoms with E-state index in [9.17, 15) is 13.2 Å². The van der Waals surface area contributed by atoms with E-state index in [2.05, 4.69) is 16.6 Å². The van der Waals surface area contributed by atoms with Crippen LogP contribution in [0.5, 0.6) is 5.75 Å². The standard InChI is InChI=1S/C15H21F3N2O/c1-2-8-20-9-6-11(7-10-20)12-4-3-5-13(14(12)19)21-15(16,17)18/h3-5,11H,2,6-10,19H2,1H3. The van der Waals surface area contributed by atoms with E-state index in [1.54, 1.807) is 12.1 Å². The largest absolute Gasteiger partial charge is 0.573 e. The molecule has 0 atom stereocenters. The lowest BCUT2D eigenvalue weighted by Gasteiger charge is -2.32. The third kappa shape index (κ3) is 4.27. The van der Waals surface area contributed by atoms with E-state index >= 15 is 0 Å². The van der Waals surface area contributed by atoms with E-state index in [0.29, 0.717) is 0 Å². The van der Waals surface area contributed by atoms with Gasteiger partial charge in [0, 0.05) is 0 Å². The van der Waals surface area contributed by atoms with Gasteiger partial charge in [-0.3, -0.25) is 0 Å². The van der Waals surface area contributed by atoms with E-state index in [1.807, 2.05) is 0 Å². The van der Waals surface area contributed by atoms with E-state index in [4.69, 9.17) is 5.73 Å². The minimum atomic E-state index is -4.71. The second kappa shape index (κ2) is 6.56. The lowest BCUT2D eigenvalue weighted by Crippen LogP contribution is -2.33. The molecule has 2 N–H and O–H groups in total. The Morgan fingerprint density at radius 2 is 1.95 bits per heavy atom. The van der Waals surface area contributed by atoms with E-state index in [1.165, 1.54) is 6.07 Å². The molecule has 0 aliphatic carbocycles. The highest BCUT2D eigenvalue weighted by molar-refractivity contribution is 5.59. The topological polar surface area (TPSA) is 38.5 Å². The maximum Gasteiger partial charge on any atom is 0.573 e. The molecule has 0 radical (unpaired) electrons. The number of nitrogen functional groups attached to an aromatic ring is 1. The van der Waals surface area contributed by atoms with Gasteiger partial charge >= 0.3 is 6.36 Å². The summed E-state index contributed by atoms with van der Waals surface area (Å²) in [6.07, 6.45) is -1.77. The summed E-state index contributed by atoms with van der Waals surface area (Å²) in [6, 6.07) is 4.64. The van der Waals surface area contributed by atoms with Crippen molar-refractivity contribution >= 4 is 5.69 Å². The van der Waals surface area contributed by atoms with Crippen molar-refractivity contribution in [3.05, 3.63) is 23.8 Å². The summed E-state index contributed by atoms with van der Waals surface area (Å²) in [5.41, 5.74) is 6.76. The van der Waals surface area contributed by atoms with Gasteiger partial charge in [-0.1, -0.05) is 19.1 Å². The Hall–Kier alpha value is -1.43. The highest BCUT2D eigenvalue weighted by atomic mass is 19.4. The van der Waals surface area contributed by atoms with Crippen molar-refractivity contribution in [2.24, 2.45) is 0 Å². The second-order valence-corrected chi connectivity index (χ2v) is 5.42. The molecule has 1 fully saturated rings. The summed E-state index contributed by atoms with van der Waals surface area (Å²) in [7, 11) is 0. The van der Waals surface area contributed by atoms with Gasteiger partial charge < -0.3 is 15.4 Å². The fourth-order valence-electron chi connectivity index (χ4n) is 2.91. The van der Waals surface area contributed by atoms with E-state index in [0.717, 1.165) is 44.5 Å². The number of para-hydroxylation sites is 1. The van der Waals surface area contributed by atoms with Crippen molar-refractivity contribution in [2.75, 3.05) is 25.4 Å². The van der Waals surface area contributed by atoms with Crippen LogP contribution < -0.4 is 10.5 Å². The molecule has 1 saturated heterocycles. The Balaban J connectivity index is 2.09. The molecule has 0 aromatic heterocycles. The Kier molecular flexibility index (Phi) is 4.98. The molecule has 3 nitrogen and oxygen atoms in total. The Morgan fingerprint density at radius 1 is 1.29 bits per heavy atom. The maximum absolute atomic E-state index is 12.3. The Bertz CT molecular complexity index is 468. The highest BCUT2D eigenvalue weighted by Crippen LogP contribution is 2.37. The van der Waals surface area contributed by atoms with Gasteiger partial charge in [-0.25, -0.2) is 0 Å². The van der Waals surface area contributed by atoms with Crippen LogP contribution in [0.25, 0.3) is 0 Å². The first-order valence-corrected chi connectivity index (χ1v) is 7.27. The predicted octanol–water partition coefficient (Wildman–Crippen LogP) is 3.76. The van der Waals surface area contributed by atoms with Crippen LogP contribution in [0.1, 0.15) is 37.7 Å². The maximum atomic E-state index is 12.3. The molecule has 1 aliphatic heterocycles. The summed E-state index contributed by atoms with van der Waals surface area (Å²) in [6.45, 7) is 5.13. The molecule has 1 aromatic rings. The van der Waals surface area contributed by atoms with Crippen molar-refractivity contribution in [3.63, 3.8) is 0 Å². The van der Waals surface area contributed by atoms with Gasteiger partial charge in [-0.05, 0) is 56.4 Å². The van der Waals surface area contributed by atoms with Crippen LogP contribution in [0.15, 0.2) is 18.2 Å². The molecule has 1 heterocycles. The van der Waals surface area contributed by atoms with Crippen LogP contribution in [0.2, 0.25) is 0 Å². The Morgan fingerprint density at radius 3 is 2.52 bits per heavy atom. The highest BCUT2D eigenvalue weighted by Gasteiger charge is 2.33. The monoisotopic (exact) mass is 302 g/mol. The lowest BCUT2D eigenvalue weighted by molar-refractivity contribution is -0.274. The third-order valence-electron chi connectivity index (χ3n) is 3.89. The van der Waals surface area contributed by atoms with Gasteiger partial charge in [0.2, 0.25) is 0 Å². The predicted molar refractivity (Wildman–Crippen MR) is 76.2 cm³/mol. The Labute approximate surface area is 122 Å². The van der Waals surface area contributed by atoms with Crippen LogP contribution in [-0.2, 0) is 0 Å². The van der Waals surface area contributed by atoms with Gasteiger partial charge in [-0.15, -0.1) is 13.2 Å². The zero-order chi connectivity index (χ0) is 15.5. The molecule has 2 rings (SSSR count). The fraction of sp³-hybridized carbons (Fsp3) is 0.600. The molecule has 1 aliphatic rings. The third-order valence-corrected chi connectivity index (χ3v) is 3.89. The number of piperidine rings is 1. The van der Waals surface area contributed by atoms with Crippen molar-refractivity contribution in [1.82, 2.24) is 4.90 Å². The van der Waals surface area contributed by atoms with Gasteiger partial charge in [0.05, 0.1) is 5.69 Å². The number of rotatable bonds is 4. The van der Waals surface area contributed by atoms with Gasteiger partial charge in [-0.2, -0.15) is 0 Å². The van der Waals surface area contributed by atoms with Gasteiger partial charge in [0.1, 0.15) is 0 Å². The molecule has 1 aromatic carbocycles. The molecule has 0 spiro atoms. The quantitative estimate of drug-likeness (QED) is 0.861. The van der Waals surface area contributed by atoms with Crippen LogP contribution in [0.3, 0.4) is 0 Å². The number of ether oxygens (including phenoxy) is 1. The van der Waals surface area contributed by atoms with Gasteiger partial charge in [0.25, 0.3) is 0 Å². The number of anilines is 1. The van der Waals surface area contributed by atoms with Crippen LogP contribution >= 0.6 is 0 Å². The average Bonchev–Trinajstić information content (AvgIpc) is 2.41. The molecular formula is C15H21F3N2O. The van der Waals surface area contributed by atoms with Crippen molar-refractivity contribution in [2.45, 2.75) is 38.5 Å². The van der Waals surface area contributed by atoms with Gasteiger partial charge in [0.15, 0.2) is 5.75 Å². The number of alkyl halides is 3. The second-order valence-electron chi connectivity index (χ2n) is 5.42. The summed E-state index contributed by atoms with van der Waals surface area (Å²) in [4.78, 5) is 2.38. The number of hydrogen-bond acceptors (Lipinski definition) is 3. The fourth-order valence-corrected chi connectivity index (χ4v) is 2.91. The smallest absolute Gasteiger partial charge is 0.404 e. The van der Waals surface area contributed by atoms with Crippen molar-refractivity contribution < 1.29 is 17.9 Å². The summed E-state index contributed by atoms with van der Waals surface area (Å²) >= 11 is 0. The molecule has 118 valence electrons. The molecule has 0 saturated carbocycles. The molecule has 0 amide bonds. The molecule has 6 heteroatoms. The van der Waals surface area contributed by atoms with Crippen molar-refractivity contribution in [1.29, 1.82) is 0 Å². The molecule has 0 bridgehead atoms. The first-order valence-electron chi connectivity index (χ1n) is 7.27. The number of halogens is 3. The summed E-state index contributed by atoms with van der Waals surface area (Å²) < 4.78 is 41.0. The number of benzene rings is 1. The first kappa shape index (κ1) is 15.9. The minimum absolute atomic E-state index is 0.115. The minimum Gasteiger partial charge on any atom is -0.404 e. The summed E-state index contributed by atoms with van der Waals surface area (Å²) in [5, 5.41) is 0. The van der Waals surface area contributed by atoms with Crippen LogP contribution in [-0.4, -0.2) is 30.9 Å². The summed E-state index contributed by atoms with van der Waals surface area (Å²) in [5.74, 6) is -0.0918.